The van der Waals surface area contributed by atoms with Crippen molar-refractivity contribution in [3.05, 3.63) is 78.5 Å². The van der Waals surface area contributed by atoms with E-state index in [1.807, 2.05) is 42.7 Å². The van der Waals surface area contributed by atoms with Crippen LogP contribution in [0.3, 0.4) is 0 Å². The van der Waals surface area contributed by atoms with Crippen LogP contribution in [0.5, 0.6) is 0 Å². The first-order chi connectivity index (χ1) is 14.1. The molecule has 29 heavy (non-hydrogen) atoms. The number of aromatic nitrogens is 3. The number of thiocarbonyl (C=S) groups is 1. The van der Waals surface area contributed by atoms with Gasteiger partial charge in [0.25, 0.3) is 0 Å². The number of rotatable bonds is 7. The van der Waals surface area contributed by atoms with Gasteiger partial charge in [0.05, 0.1) is 17.8 Å². The molecule has 3 aromatic heterocycles. The number of nitrogens with one attached hydrogen (secondary N) is 1. The minimum Gasteiger partial charge on any atom is -0.352 e. The second kappa shape index (κ2) is 8.71. The van der Waals surface area contributed by atoms with Gasteiger partial charge in [-0.3, -0.25) is 4.98 Å². The van der Waals surface area contributed by atoms with E-state index >= 15 is 0 Å². The number of nitrogens with zero attached hydrogens (tertiary/aromatic N) is 5. The Morgan fingerprint density at radius 3 is 2.52 bits per heavy atom. The molecule has 2 atom stereocenters. The summed E-state index contributed by atoms with van der Waals surface area (Å²) in [6.07, 6.45) is 6.75. The van der Waals surface area contributed by atoms with Crippen LogP contribution >= 0.6 is 12.2 Å². The van der Waals surface area contributed by atoms with E-state index in [2.05, 4.69) is 68.1 Å². The monoisotopic (exact) mass is 406 g/mol. The normalized spacial score (nSPS) is 19.0. The van der Waals surface area contributed by atoms with Crippen LogP contribution in [0, 0.1) is 0 Å². The van der Waals surface area contributed by atoms with E-state index in [0.717, 1.165) is 41.8 Å². The quantitative estimate of drug-likeness (QED) is 0.608. The molecule has 0 bridgehead atoms. The Bertz CT molecular complexity index is 940. The summed E-state index contributed by atoms with van der Waals surface area (Å²) >= 11 is 5.76. The first-order valence-corrected chi connectivity index (χ1v) is 10.3. The van der Waals surface area contributed by atoms with E-state index in [-0.39, 0.29) is 12.1 Å². The highest BCUT2D eigenvalue weighted by Gasteiger charge is 2.41. The van der Waals surface area contributed by atoms with Gasteiger partial charge in [0, 0.05) is 30.8 Å². The topological polar surface area (TPSA) is 49.2 Å². The Morgan fingerprint density at radius 2 is 1.83 bits per heavy atom. The minimum absolute atomic E-state index is 0.0135. The molecule has 0 saturated carbocycles. The van der Waals surface area contributed by atoms with Gasteiger partial charge in [0.1, 0.15) is 5.82 Å². The molecule has 1 N–H and O–H groups in total. The zero-order valence-electron chi connectivity index (χ0n) is 16.8. The first-order valence-electron chi connectivity index (χ1n) is 9.86. The summed E-state index contributed by atoms with van der Waals surface area (Å²) in [6, 6.07) is 16.2. The third-order valence-corrected chi connectivity index (χ3v) is 5.53. The van der Waals surface area contributed by atoms with Gasteiger partial charge in [0.2, 0.25) is 0 Å². The zero-order valence-corrected chi connectivity index (χ0v) is 17.6. The lowest BCUT2D eigenvalue weighted by atomic mass is 10.0. The Kier molecular flexibility index (Phi) is 5.87. The molecule has 1 aliphatic heterocycles. The molecule has 150 valence electrons. The fourth-order valence-electron chi connectivity index (χ4n) is 3.87. The van der Waals surface area contributed by atoms with Gasteiger partial charge in [-0.05, 0) is 75.7 Å². The molecule has 0 aromatic carbocycles. The summed E-state index contributed by atoms with van der Waals surface area (Å²) < 4.78 is 2.15. The molecular weight excluding hydrogens is 380 g/mol. The van der Waals surface area contributed by atoms with E-state index in [9.17, 15) is 0 Å². The van der Waals surface area contributed by atoms with Crippen molar-refractivity contribution in [2.45, 2.75) is 18.5 Å². The standard InChI is InChI=1S/C22H26N6S/c1-26(2)14-8-16-28-21(20(25-22(28)29)17-9-3-5-12-23-17)18-10-7-15-27(18)19-11-4-6-13-24-19/h3-7,9-13,15,20-21H,8,14,16H2,1-2H3,(H,25,29). The summed E-state index contributed by atoms with van der Waals surface area (Å²) in [4.78, 5) is 13.7. The molecule has 4 heterocycles. The van der Waals surface area contributed by atoms with E-state index in [1.54, 1.807) is 0 Å². The number of hydrogen-bond donors (Lipinski definition) is 1. The van der Waals surface area contributed by atoms with Crippen LogP contribution in [0.15, 0.2) is 67.1 Å². The molecule has 0 amide bonds. The van der Waals surface area contributed by atoms with Crippen molar-refractivity contribution >= 4 is 17.3 Å². The first kappa shape index (κ1) is 19.5. The van der Waals surface area contributed by atoms with Crippen molar-refractivity contribution in [1.29, 1.82) is 0 Å². The predicted molar refractivity (Wildman–Crippen MR) is 119 cm³/mol. The van der Waals surface area contributed by atoms with Crippen LogP contribution in [0.2, 0.25) is 0 Å². The van der Waals surface area contributed by atoms with Crippen molar-refractivity contribution in [3.8, 4) is 5.82 Å². The maximum atomic E-state index is 5.76. The molecule has 7 heteroatoms. The van der Waals surface area contributed by atoms with Crippen LogP contribution in [-0.4, -0.2) is 56.6 Å². The van der Waals surface area contributed by atoms with Crippen molar-refractivity contribution in [2.75, 3.05) is 27.2 Å². The molecule has 2 unspecified atom stereocenters. The van der Waals surface area contributed by atoms with Crippen LogP contribution < -0.4 is 5.32 Å². The van der Waals surface area contributed by atoms with Crippen molar-refractivity contribution < 1.29 is 0 Å². The molecule has 3 aromatic rings. The lowest BCUT2D eigenvalue weighted by Gasteiger charge is -2.29. The molecule has 1 fully saturated rings. The van der Waals surface area contributed by atoms with Crippen LogP contribution in [0.4, 0.5) is 0 Å². The average molecular weight is 407 g/mol. The van der Waals surface area contributed by atoms with Crippen molar-refractivity contribution in [3.63, 3.8) is 0 Å². The number of hydrogen-bond acceptors (Lipinski definition) is 4. The lowest BCUT2D eigenvalue weighted by Crippen LogP contribution is -2.33. The molecule has 1 aliphatic rings. The fraction of sp³-hybridized carbons (Fsp3) is 0.318. The van der Waals surface area contributed by atoms with E-state index in [0.29, 0.717) is 0 Å². The molecule has 0 spiro atoms. The van der Waals surface area contributed by atoms with Gasteiger partial charge in [-0.25, -0.2) is 4.98 Å². The molecule has 0 aliphatic carbocycles. The van der Waals surface area contributed by atoms with Gasteiger partial charge >= 0.3 is 0 Å². The summed E-state index contributed by atoms with van der Waals surface area (Å²) in [7, 11) is 4.20. The van der Waals surface area contributed by atoms with E-state index in [4.69, 9.17) is 12.2 Å². The fourth-order valence-corrected chi connectivity index (χ4v) is 4.20. The average Bonchev–Trinajstić information content (AvgIpc) is 3.34. The van der Waals surface area contributed by atoms with Gasteiger partial charge in [-0.2, -0.15) is 0 Å². The predicted octanol–water partition coefficient (Wildman–Crippen LogP) is 3.19. The van der Waals surface area contributed by atoms with Gasteiger partial charge in [0.15, 0.2) is 5.11 Å². The number of pyridine rings is 2. The Morgan fingerprint density at radius 1 is 1.03 bits per heavy atom. The maximum absolute atomic E-state index is 5.76. The van der Waals surface area contributed by atoms with Crippen molar-refractivity contribution in [2.24, 2.45) is 0 Å². The molecule has 1 saturated heterocycles. The molecule has 6 nitrogen and oxygen atoms in total. The zero-order chi connectivity index (χ0) is 20.2. The van der Waals surface area contributed by atoms with Crippen LogP contribution in [0.25, 0.3) is 5.82 Å². The highest BCUT2D eigenvalue weighted by molar-refractivity contribution is 7.80. The largest absolute Gasteiger partial charge is 0.352 e. The minimum atomic E-state index is -0.0135. The second-order valence-electron chi connectivity index (χ2n) is 7.47. The molecular formula is C22H26N6S. The highest BCUT2D eigenvalue weighted by Crippen LogP contribution is 2.39. The summed E-state index contributed by atoms with van der Waals surface area (Å²) in [5, 5.41) is 4.30. The summed E-state index contributed by atoms with van der Waals surface area (Å²) in [5.74, 6) is 0.901. The Hall–Kier alpha value is -2.77. The van der Waals surface area contributed by atoms with Crippen LogP contribution in [0.1, 0.15) is 29.9 Å². The summed E-state index contributed by atoms with van der Waals surface area (Å²) in [6.45, 7) is 1.90. The third kappa shape index (κ3) is 4.16. The molecule has 0 radical (unpaired) electrons. The summed E-state index contributed by atoms with van der Waals surface area (Å²) in [5.41, 5.74) is 2.14. The van der Waals surface area contributed by atoms with Gasteiger partial charge in [-0.15, -0.1) is 0 Å². The highest BCUT2D eigenvalue weighted by atomic mass is 32.1. The van der Waals surface area contributed by atoms with Gasteiger partial charge < -0.3 is 19.7 Å². The SMILES string of the molecule is CN(C)CCCN1C(=S)NC(c2ccccn2)C1c1cccn1-c1ccccn1. The second-order valence-corrected chi connectivity index (χ2v) is 7.85. The third-order valence-electron chi connectivity index (χ3n) is 5.18. The van der Waals surface area contributed by atoms with Crippen LogP contribution in [-0.2, 0) is 0 Å². The van der Waals surface area contributed by atoms with E-state index in [1.165, 1.54) is 0 Å². The van der Waals surface area contributed by atoms with Gasteiger partial charge in [-0.1, -0.05) is 12.1 Å². The lowest BCUT2D eigenvalue weighted by molar-refractivity contribution is 0.286. The van der Waals surface area contributed by atoms with Crippen molar-refractivity contribution in [1.82, 2.24) is 29.7 Å². The maximum Gasteiger partial charge on any atom is 0.170 e. The Balaban J connectivity index is 1.72. The van der Waals surface area contributed by atoms with E-state index < -0.39 is 0 Å². The Labute approximate surface area is 177 Å². The molecule has 4 rings (SSSR count). The smallest absolute Gasteiger partial charge is 0.170 e.